The summed E-state index contributed by atoms with van der Waals surface area (Å²) in [4.78, 5) is 32.5. The second-order valence-corrected chi connectivity index (χ2v) is 7.63. The lowest BCUT2D eigenvalue weighted by Crippen LogP contribution is -2.63. The molecule has 0 aromatic heterocycles. The van der Waals surface area contributed by atoms with Crippen LogP contribution in [0.5, 0.6) is 0 Å². The normalized spacial score (nSPS) is 21.0. The Kier molecular flexibility index (Phi) is 5.41. The van der Waals surface area contributed by atoms with Gasteiger partial charge in [0.2, 0.25) is 5.96 Å². The van der Waals surface area contributed by atoms with Crippen molar-refractivity contribution in [3.63, 3.8) is 0 Å². The summed E-state index contributed by atoms with van der Waals surface area (Å²) in [6.45, 7) is 2.45. The molecule has 0 aliphatic carbocycles. The van der Waals surface area contributed by atoms with Gasteiger partial charge < -0.3 is 9.80 Å². The molecule has 2 aromatic carbocycles. The molecule has 2 aromatic rings. The van der Waals surface area contributed by atoms with E-state index in [1.807, 2.05) is 54.3 Å². The molecular weight excluding hydrogens is 404 g/mol. The van der Waals surface area contributed by atoms with Crippen LogP contribution in [0.4, 0.5) is 4.79 Å². The molecule has 4 rings (SSSR count). The number of imide groups is 1. The van der Waals surface area contributed by atoms with Gasteiger partial charge in [-0.25, -0.2) is 15.2 Å². The van der Waals surface area contributed by atoms with Gasteiger partial charge in [-0.15, -0.1) is 0 Å². The van der Waals surface area contributed by atoms with E-state index in [0.717, 1.165) is 16.7 Å². The minimum atomic E-state index is -0.647. The van der Waals surface area contributed by atoms with Crippen LogP contribution in [-0.2, 0) is 11.3 Å². The van der Waals surface area contributed by atoms with Crippen molar-refractivity contribution >= 4 is 35.7 Å². The number of aliphatic imine (C=N–C) groups is 1. The molecule has 2 N–H and O–H groups in total. The molecule has 9 heteroatoms. The van der Waals surface area contributed by atoms with E-state index in [1.165, 1.54) is 4.90 Å². The lowest BCUT2D eigenvalue weighted by molar-refractivity contribution is -0.127. The van der Waals surface area contributed by atoms with Crippen molar-refractivity contribution in [2.75, 3.05) is 7.05 Å². The second kappa shape index (κ2) is 8.16. The fourth-order valence-corrected chi connectivity index (χ4v) is 3.72. The molecule has 0 saturated carbocycles. The van der Waals surface area contributed by atoms with Crippen LogP contribution < -0.4 is 10.7 Å². The molecule has 154 valence electrons. The van der Waals surface area contributed by atoms with Crippen molar-refractivity contribution in [2.24, 2.45) is 10.1 Å². The first-order chi connectivity index (χ1) is 14.4. The molecule has 8 nitrogen and oxygen atoms in total. The van der Waals surface area contributed by atoms with E-state index >= 15 is 0 Å². The van der Waals surface area contributed by atoms with Crippen LogP contribution in [0.2, 0.25) is 5.02 Å². The summed E-state index contributed by atoms with van der Waals surface area (Å²) >= 11 is 6.17. The standard InChI is InChI=1S/C21H21ClN6O2/c1-13-6-5-7-14(10-13)12-28-17-18(27(2)21(30)25-19(17)29)24-20(28)26-23-11-15-8-3-4-9-16(15)22/h3-11,17-18H,12H2,1-2H3,(H,24,26)(H,25,29,30)/b23-11+. The minimum Gasteiger partial charge on any atom is -0.321 e. The molecule has 2 atom stereocenters. The highest BCUT2D eigenvalue weighted by atomic mass is 35.5. The van der Waals surface area contributed by atoms with E-state index in [4.69, 9.17) is 11.6 Å². The molecule has 1 saturated heterocycles. The number of carbonyl (C=O) groups excluding carboxylic acids is 2. The van der Waals surface area contributed by atoms with E-state index in [2.05, 4.69) is 20.8 Å². The van der Waals surface area contributed by atoms with Gasteiger partial charge in [0, 0.05) is 24.2 Å². The summed E-state index contributed by atoms with van der Waals surface area (Å²) in [5, 5.41) is 7.22. The van der Waals surface area contributed by atoms with Crippen molar-refractivity contribution < 1.29 is 9.59 Å². The average molecular weight is 425 g/mol. The molecule has 30 heavy (non-hydrogen) atoms. The Morgan fingerprint density at radius 3 is 2.80 bits per heavy atom. The minimum absolute atomic E-state index is 0.383. The highest BCUT2D eigenvalue weighted by molar-refractivity contribution is 6.33. The molecule has 3 amide bonds. The number of hydrogen-bond donors (Lipinski definition) is 2. The zero-order valence-corrected chi connectivity index (χ0v) is 17.3. The number of benzene rings is 2. The largest absolute Gasteiger partial charge is 0.325 e. The first-order valence-electron chi connectivity index (χ1n) is 9.45. The molecule has 0 radical (unpaired) electrons. The SMILES string of the molecule is Cc1cccc(CN2C(N/N=C/c3ccccc3Cl)=NC3C2C(=O)NC(=O)N3C)c1. The van der Waals surface area contributed by atoms with Crippen molar-refractivity contribution in [2.45, 2.75) is 25.7 Å². The van der Waals surface area contributed by atoms with E-state index in [-0.39, 0.29) is 5.91 Å². The molecule has 2 unspecified atom stereocenters. The van der Waals surface area contributed by atoms with Gasteiger partial charge in [0.25, 0.3) is 5.91 Å². The van der Waals surface area contributed by atoms with Crippen LogP contribution in [0.15, 0.2) is 58.6 Å². The molecule has 1 fully saturated rings. The van der Waals surface area contributed by atoms with E-state index in [9.17, 15) is 9.59 Å². The number of likely N-dealkylation sites (N-methyl/N-ethyl adjacent to an activating group) is 1. The number of hydrazone groups is 1. The molecule has 2 aliphatic rings. The predicted molar refractivity (Wildman–Crippen MR) is 115 cm³/mol. The number of guanidine groups is 1. The fraction of sp³-hybridized carbons (Fsp3) is 0.238. The monoisotopic (exact) mass is 424 g/mol. The van der Waals surface area contributed by atoms with E-state index < -0.39 is 18.2 Å². The van der Waals surface area contributed by atoms with Crippen LogP contribution in [-0.4, -0.2) is 53.2 Å². The van der Waals surface area contributed by atoms with Gasteiger partial charge in [-0.2, -0.15) is 5.10 Å². The Labute approximate surface area is 179 Å². The topological polar surface area (TPSA) is 89.4 Å². The first kappa shape index (κ1) is 19.9. The van der Waals surface area contributed by atoms with Gasteiger partial charge in [-0.3, -0.25) is 10.1 Å². The Hall–Kier alpha value is -3.39. The van der Waals surface area contributed by atoms with Gasteiger partial charge in [0.1, 0.15) is 0 Å². The summed E-state index contributed by atoms with van der Waals surface area (Å²) in [6.07, 6.45) is 0.959. The van der Waals surface area contributed by atoms with Crippen LogP contribution in [0.1, 0.15) is 16.7 Å². The van der Waals surface area contributed by atoms with E-state index in [1.54, 1.807) is 19.3 Å². The van der Waals surface area contributed by atoms with Gasteiger partial charge >= 0.3 is 6.03 Å². The maximum Gasteiger partial charge on any atom is 0.325 e. The third-order valence-electron chi connectivity index (χ3n) is 5.07. The number of nitrogens with one attached hydrogen (secondary N) is 2. The summed E-state index contributed by atoms with van der Waals surface area (Å²) in [5.74, 6) is 0.0258. The lowest BCUT2D eigenvalue weighted by atomic mass is 10.1. The number of aryl methyl sites for hydroxylation is 1. The third-order valence-corrected chi connectivity index (χ3v) is 5.41. The van der Waals surface area contributed by atoms with Crippen LogP contribution in [0.3, 0.4) is 0 Å². The Bertz CT molecular complexity index is 1050. The molecule has 2 heterocycles. The third kappa shape index (κ3) is 3.86. The first-order valence-corrected chi connectivity index (χ1v) is 9.83. The molecule has 0 bridgehead atoms. The Morgan fingerprint density at radius 1 is 1.23 bits per heavy atom. The number of nitrogens with zero attached hydrogens (tertiary/aromatic N) is 4. The van der Waals surface area contributed by atoms with Gasteiger partial charge in [-0.05, 0) is 18.6 Å². The Morgan fingerprint density at radius 2 is 2.03 bits per heavy atom. The van der Waals surface area contributed by atoms with E-state index in [0.29, 0.717) is 17.5 Å². The summed E-state index contributed by atoms with van der Waals surface area (Å²) in [6, 6.07) is 14.2. The van der Waals surface area contributed by atoms with Crippen molar-refractivity contribution in [3.05, 3.63) is 70.2 Å². The number of halogens is 1. The predicted octanol–water partition coefficient (Wildman–Crippen LogP) is 2.32. The fourth-order valence-electron chi connectivity index (χ4n) is 3.54. The van der Waals surface area contributed by atoms with Crippen molar-refractivity contribution in [1.82, 2.24) is 20.5 Å². The summed E-state index contributed by atoms with van der Waals surface area (Å²) in [7, 11) is 1.61. The number of carbonyl (C=O) groups is 2. The second-order valence-electron chi connectivity index (χ2n) is 7.22. The zero-order valence-electron chi connectivity index (χ0n) is 16.5. The quantitative estimate of drug-likeness (QED) is 0.582. The lowest BCUT2D eigenvalue weighted by Gasteiger charge is -2.36. The van der Waals surface area contributed by atoms with Crippen LogP contribution in [0.25, 0.3) is 0 Å². The van der Waals surface area contributed by atoms with Crippen LogP contribution >= 0.6 is 11.6 Å². The van der Waals surface area contributed by atoms with Crippen LogP contribution in [0, 0.1) is 6.92 Å². The number of fused-ring (bicyclic) bond motifs is 1. The number of rotatable bonds is 4. The highest BCUT2D eigenvalue weighted by Crippen LogP contribution is 2.25. The van der Waals surface area contributed by atoms with Gasteiger partial charge in [-0.1, -0.05) is 59.6 Å². The molecular formula is C21H21ClN6O2. The summed E-state index contributed by atoms with van der Waals surface area (Å²) in [5.41, 5.74) is 5.81. The van der Waals surface area contributed by atoms with Crippen molar-refractivity contribution in [1.29, 1.82) is 0 Å². The number of amides is 3. The highest BCUT2D eigenvalue weighted by Gasteiger charge is 2.48. The maximum atomic E-state index is 12.6. The zero-order chi connectivity index (χ0) is 21.3. The van der Waals surface area contributed by atoms with Gasteiger partial charge in [0.05, 0.1) is 6.21 Å². The van der Waals surface area contributed by atoms with Crippen molar-refractivity contribution in [3.8, 4) is 0 Å². The van der Waals surface area contributed by atoms with Gasteiger partial charge in [0.15, 0.2) is 12.2 Å². The smallest absolute Gasteiger partial charge is 0.321 e. The molecule has 2 aliphatic heterocycles. The Balaban J connectivity index is 1.61. The number of hydrogen-bond acceptors (Lipinski definition) is 6. The summed E-state index contributed by atoms with van der Waals surface area (Å²) < 4.78 is 0. The molecule has 0 spiro atoms. The maximum absolute atomic E-state index is 12.6. The number of urea groups is 1. The average Bonchev–Trinajstić information content (AvgIpc) is 3.07.